The standard InChI is InChI=1S/C26H37NO4/c1-21(11-10-14-22-12-6-5-7-13-22)24(28)18-16-23-17-19-25(29)27(23)20-9-4-3-8-15-26(30)31-2/h4-7,9,12-13,16,18,21,23-24,28H,3,8,10-11,14-15,17,19-20H2,1-2H3/t21-,23?,24+/m0/s1. The van der Waals surface area contributed by atoms with Gasteiger partial charge in [0.05, 0.1) is 19.3 Å². The minimum Gasteiger partial charge on any atom is -0.469 e. The van der Waals surface area contributed by atoms with Crippen molar-refractivity contribution in [2.24, 2.45) is 5.92 Å². The number of carbonyl (C=O) groups excluding carboxylic acids is 2. The Bertz CT molecular complexity index is 728. The number of allylic oxidation sites excluding steroid dienone is 1. The van der Waals surface area contributed by atoms with Crippen molar-refractivity contribution in [2.75, 3.05) is 13.7 Å². The van der Waals surface area contributed by atoms with Crippen LogP contribution in [0, 0.1) is 5.92 Å². The van der Waals surface area contributed by atoms with Crippen LogP contribution in [0.2, 0.25) is 0 Å². The molecule has 1 amide bonds. The zero-order valence-electron chi connectivity index (χ0n) is 18.9. The van der Waals surface area contributed by atoms with E-state index in [9.17, 15) is 14.7 Å². The lowest BCUT2D eigenvalue weighted by Crippen LogP contribution is -2.32. The predicted octanol–water partition coefficient (Wildman–Crippen LogP) is 4.45. The lowest BCUT2D eigenvalue weighted by molar-refractivity contribution is -0.140. The van der Waals surface area contributed by atoms with Crippen LogP contribution in [0.1, 0.15) is 57.4 Å². The lowest BCUT2D eigenvalue weighted by atomic mass is 9.95. The van der Waals surface area contributed by atoms with E-state index in [0.717, 1.165) is 38.5 Å². The first-order chi connectivity index (χ1) is 15.0. The predicted molar refractivity (Wildman–Crippen MR) is 123 cm³/mol. The maximum absolute atomic E-state index is 12.2. The zero-order valence-corrected chi connectivity index (χ0v) is 18.9. The summed E-state index contributed by atoms with van der Waals surface area (Å²) in [5.74, 6) is 0.139. The van der Waals surface area contributed by atoms with Crippen LogP contribution < -0.4 is 0 Å². The van der Waals surface area contributed by atoms with E-state index in [2.05, 4.69) is 35.9 Å². The van der Waals surface area contributed by atoms with Crippen LogP contribution in [0.3, 0.4) is 0 Å². The molecule has 0 saturated carbocycles. The number of rotatable bonds is 13. The summed E-state index contributed by atoms with van der Waals surface area (Å²) in [7, 11) is 1.40. The number of aliphatic hydroxyl groups is 1. The summed E-state index contributed by atoms with van der Waals surface area (Å²) in [6.07, 6.45) is 13.7. The van der Waals surface area contributed by atoms with Crippen LogP contribution in [0.15, 0.2) is 54.6 Å². The highest BCUT2D eigenvalue weighted by atomic mass is 16.5. The highest BCUT2D eigenvalue weighted by Gasteiger charge is 2.28. The molecule has 1 fully saturated rings. The Kier molecular flexibility index (Phi) is 11.1. The molecule has 1 heterocycles. The largest absolute Gasteiger partial charge is 0.469 e. The highest BCUT2D eigenvalue weighted by Crippen LogP contribution is 2.21. The SMILES string of the molecule is COC(=O)CCCC=CCN1C(=O)CCC1C=C[C@@H](O)[C@@H](C)CCCc1ccccc1. The summed E-state index contributed by atoms with van der Waals surface area (Å²) >= 11 is 0. The number of methoxy groups -OCH3 is 1. The summed E-state index contributed by atoms with van der Waals surface area (Å²) in [6.45, 7) is 2.64. The summed E-state index contributed by atoms with van der Waals surface area (Å²) in [5, 5.41) is 10.5. The second kappa shape index (κ2) is 13.8. The first-order valence-corrected chi connectivity index (χ1v) is 11.4. The van der Waals surface area contributed by atoms with Gasteiger partial charge in [-0.3, -0.25) is 9.59 Å². The summed E-state index contributed by atoms with van der Waals surface area (Å²) in [4.78, 5) is 25.2. The number of hydrogen-bond donors (Lipinski definition) is 1. The topological polar surface area (TPSA) is 66.8 Å². The van der Waals surface area contributed by atoms with E-state index in [1.165, 1.54) is 12.7 Å². The van der Waals surface area contributed by atoms with Gasteiger partial charge in [-0.15, -0.1) is 0 Å². The quantitative estimate of drug-likeness (QED) is 0.287. The van der Waals surface area contributed by atoms with E-state index >= 15 is 0 Å². The van der Waals surface area contributed by atoms with Gasteiger partial charge in [-0.25, -0.2) is 0 Å². The molecular formula is C26H37NO4. The Labute approximate surface area is 186 Å². The molecule has 1 aromatic rings. The molecule has 0 aromatic heterocycles. The third kappa shape index (κ3) is 9.09. The fourth-order valence-corrected chi connectivity index (χ4v) is 3.84. The van der Waals surface area contributed by atoms with E-state index in [0.29, 0.717) is 19.4 Å². The van der Waals surface area contributed by atoms with Gasteiger partial charge >= 0.3 is 5.97 Å². The summed E-state index contributed by atoms with van der Waals surface area (Å²) in [6, 6.07) is 10.5. The van der Waals surface area contributed by atoms with Crippen LogP contribution in [0.5, 0.6) is 0 Å². The molecule has 1 aliphatic heterocycles. The van der Waals surface area contributed by atoms with E-state index in [1.54, 1.807) is 0 Å². The van der Waals surface area contributed by atoms with Crippen LogP contribution in [0.25, 0.3) is 0 Å². The van der Waals surface area contributed by atoms with E-state index in [1.807, 2.05) is 35.3 Å². The number of likely N-dealkylation sites (tertiary alicyclic amines) is 1. The molecule has 1 aliphatic rings. The molecule has 31 heavy (non-hydrogen) atoms. The zero-order chi connectivity index (χ0) is 22.5. The smallest absolute Gasteiger partial charge is 0.305 e. The summed E-state index contributed by atoms with van der Waals surface area (Å²) in [5.41, 5.74) is 1.33. The number of carbonyl (C=O) groups is 2. The molecule has 0 spiro atoms. The molecule has 3 atom stereocenters. The second-order valence-electron chi connectivity index (χ2n) is 8.32. The maximum Gasteiger partial charge on any atom is 0.305 e. The molecule has 1 unspecified atom stereocenters. The monoisotopic (exact) mass is 427 g/mol. The van der Waals surface area contributed by atoms with Crippen LogP contribution >= 0.6 is 0 Å². The number of aliphatic hydroxyl groups excluding tert-OH is 1. The molecule has 2 rings (SSSR count). The minimum absolute atomic E-state index is 0.0402. The van der Waals surface area contributed by atoms with Gasteiger partial charge in [0, 0.05) is 19.4 Å². The van der Waals surface area contributed by atoms with Crippen molar-refractivity contribution in [2.45, 2.75) is 70.4 Å². The average molecular weight is 428 g/mol. The molecule has 1 N–H and O–H groups in total. The summed E-state index contributed by atoms with van der Waals surface area (Å²) < 4.78 is 4.63. The van der Waals surface area contributed by atoms with E-state index < -0.39 is 6.10 Å². The number of hydrogen-bond acceptors (Lipinski definition) is 4. The molecule has 0 bridgehead atoms. The third-order valence-electron chi connectivity index (χ3n) is 5.90. The van der Waals surface area contributed by atoms with Crippen molar-refractivity contribution >= 4 is 11.9 Å². The van der Waals surface area contributed by atoms with Crippen molar-refractivity contribution in [3.05, 3.63) is 60.2 Å². The minimum atomic E-state index is -0.498. The molecule has 1 aromatic carbocycles. The molecule has 0 radical (unpaired) electrons. The van der Waals surface area contributed by atoms with Gasteiger partial charge in [0.25, 0.3) is 0 Å². The van der Waals surface area contributed by atoms with Gasteiger partial charge in [0.15, 0.2) is 0 Å². The number of ether oxygens (including phenoxy) is 1. The van der Waals surface area contributed by atoms with E-state index in [-0.39, 0.29) is 23.8 Å². The number of benzene rings is 1. The lowest BCUT2D eigenvalue weighted by Gasteiger charge is -2.22. The first kappa shape index (κ1) is 24.9. The van der Waals surface area contributed by atoms with Gasteiger partial charge < -0.3 is 14.7 Å². The Morgan fingerprint density at radius 2 is 2.03 bits per heavy atom. The highest BCUT2D eigenvalue weighted by molar-refractivity contribution is 5.79. The van der Waals surface area contributed by atoms with Crippen molar-refractivity contribution in [1.82, 2.24) is 4.90 Å². The number of amides is 1. The van der Waals surface area contributed by atoms with E-state index in [4.69, 9.17) is 0 Å². The van der Waals surface area contributed by atoms with Crippen LogP contribution in [-0.4, -0.2) is 47.7 Å². The molecule has 1 saturated heterocycles. The van der Waals surface area contributed by atoms with Crippen molar-refractivity contribution in [3.8, 4) is 0 Å². The fraction of sp³-hybridized carbons (Fsp3) is 0.538. The Balaban J connectivity index is 1.73. The van der Waals surface area contributed by atoms with Crippen LogP contribution in [0.4, 0.5) is 0 Å². The van der Waals surface area contributed by atoms with Gasteiger partial charge in [-0.1, -0.05) is 61.6 Å². The Hall–Kier alpha value is -2.40. The van der Waals surface area contributed by atoms with Gasteiger partial charge in [0.1, 0.15) is 0 Å². The third-order valence-corrected chi connectivity index (χ3v) is 5.90. The number of esters is 1. The van der Waals surface area contributed by atoms with Gasteiger partial charge in [-0.2, -0.15) is 0 Å². The van der Waals surface area contributed by atoms with Crippen molar-refractivity contribution in [3.63, 3.8) is 0 Å². The second-order valence-corrected chi connectivity index (χ2v) is 8.32. The first-order valence-electron chi connectivity index (χ1n) is 11.4. The van der Waals surface area contributed by atoms with Crippen molar-refractivity contribution < 1.29 is 19.4 Å². The van der Waals surface area contributed by atoms with Gasteiger partial charge in [-0.05, 0) is 50.0 Å². The van der Waals surface area contributed by atoms with Crippen LogP contribution in [-0.2, 0) is 20.7 Å². The average Bonchev–Trinajstić information content (AvgIpc) is 3.14. The number of aryl methyl sites for hydroxylation is 1. The normalized spacial score (nSPS) is 18.7. The molecular weight excluding hydrogens is 390 g/mol. The van der Waals surface area contributed by atoms with Gasteiger partial charge in [0.2, 0.25) is 5.91 Å². The number of unbranched alkanes of at least 4 members (excludes halogenated alkanes) is 1. The fourth-order valence-electron chi connectivity index (χ4n) is 3.84. The Morgan fingerprint density at radius 3 is 2.77 bits per heavy atom. The number of nitrogens with zero attached hydrogens (tertiary/aromatic N) is 1. The maximum atomic E-state index is 12.2. The molecule has 0 aliphatic carbocycles. The molecule has 5 nitrogen and oxygen atoms in total. The molecule has 170 valence electrons. The Morgan fingerprint density at radius 1 is 1.26 bits per heavy atom. The van der Waals surface area contributed by atoms with Crippen molar-refractivity contribution in [1.29, 1.82) is 0 Å². The molecule has 5 heteroatoms.